The average Bonchev–Trinajstić information content (AvgIpc) is 3.91. The summed E-state index contributed by atoms with van der Waals surface area (Å²) in [5.74, 6) is 0. The number of fused-ring (bicyclic) bond motifs is 16. The minimum atomic E-state index is -0.404. The summed E-state index contributed by atoms with van der Waals surface area (Å²) in [7, 11) is 0. The lowest BCUT2D eigenvalue weighted by molar-refractivity contribution is 0.590. The minimum absolute atomic E-state index is 0.0424. The number of para-hydroxylation sites is 1. The third-order valence-corrected chi connectivity index (χ3v) is 16.3. The van der Waals surface area contributed by atoms with Gasteiger partial charge in [0, 0.05) is 43.3 Å². The number of nitrogens with zero attached hydrogens (tertiary/aromatic N) is 2. The molecule has 4 heteroatoms. The molecule has 8 aromatic carbocycles. The fraction of sp³-hybridized carbons (Fsp3) is 0.180. The molecule has 0 saturated carbocycles. The fourth-order valence-electron chi connectivity index (χ4n) is 12.1. The van der Waals surface area contributed by atoms with Crippen LogP contribution >= 0.6 is 11.3 Å². The number of anilines is 6. The summed E-state index contributed by atoms with van der Waals surface area (Å²) < 4.78 is 2.74. The van der Waals surface area contributed by atoms with Crippen LogP contribution in [0.3, 0.4) is 0 Å². The van der Waals surface area contributed by atoms with Crippen molar-refractivity contribution >= 4 is 78.0 Å². The van der Waals surface area contributed by atoms with Gasteiger partial charge in [-0.1, -0.05) is 156 Å². The Balaban J connectivity index is 1.12. The Morgan fingerprint density at radius 3 is 1.63 bits per heavy atom. The molecule has 3 heterocycles. The molecule has 65 heavy (non-hydrogen) atoms. The summed E-state index contributed by atoms with van der Waals surface area (Å²) in [6, 6.07) is 63.6. The van der Waals surface area contributed by atoms with Crippen LogP contribution < -0.4 is 25.5 Å². The molecule has 1 spiro atoms. The van der Waals surface area contributed by atoms with Crippen LogP contribution in [0.15, 0.2) is 164 Å². The molecule has 0 N–H and O–H groups in total. The van der Waals surface area contributed by atoms with Gasteiger partial charge in [-0.15, -0.1) is 11.3 Å². The van der Waals surface area contributed by atoms with Gasteiger partial charge in [0.2, 0.25) is 0 Å². The summed E-state index contributed by atoms with van der Waals surface area (Å²) in [5.41, 5.74) is 26.0. The molecule has 0 bridgehead atoms. The molecule has 0 fully saturated rings. The van der Waals surface area contributed by atoms with Gasteiger partial charge in [0.15, 0.2) is 0 Å². The van der Waals surface area contributed by atoms with Gasteiger partial charge in [-0.05, 0) is 151 Å². The van der Waals surface area contributed by atoms with E-state index in [2.05, 4.69) is 229 Å². The van der Waals surface area contributed by atoms with Gasteiger partial charge in [0.1, 0.15) is 0 Å². The lowest BCUT2D eigenvalue weighted by Gasteiger charge is -2.43. The van der Waals surface area contributed by atoms with Gasteiger partial charge in [-0.3, -0.25) is 0 Å². The molecule has 13 rings (SSSR count). The second-order valence-electron chi connectivity index (χ2n) is 21.1. The molecule has 0 saturated heterocycles. The second-order valence-corrected chi connectivity index (χ2v) is 22.2. The topological polar surface area (TPSA) is 6.48 Å². The van der Waals surface area contributed by atoms with Crippen molar-refractivity contribution in [3.63, 3.8) is 0 Å². The van der Waals surface area contributed by atoms with Crippen molar-refractivity contribution in [1.29, 1.82) is 0 Å². The van der Waals surface area contributed by atoms with E-state index in [1.165, 1.54) is 127 Å². The highest BCUT2D eigenvalue weighted by Gasteiger charge is 2.53. The van der Waals surface area contributed by atoms with Crippen molar-refractivity contribution in [1.82, 2.24) is 0 Å². The van der Waals surface area contributed by atoms with Crippen molar-refractivity contribution < 1.29 is 0 Å². The Bertz CT molecular complexity index is 3440. The van der Waals surface area contributed by atoms with Crippen LogP contribution in [0.1, 0.15) is 86.1 Å². The SMILES string of the molecule is Cc1cc2c3c(c1)N(c1ccc(C(C)(C)C)cc1)c1c(sc4cc5c(cc14)-c1ccc(C)cc1C51c4ccccc4-c4ccccc41)B3c1ccccc1N2c1ccc(C(C)(C)C)cc1. The largest absolute Gasteiger partial charge is 0.311 e. The Hall–Kier alpha value is -6.62. The standard InChI is InChI=1S/C61H51BN2S/c1-36-21-30-44-45-34-46-55(35-50(45)61(49(44)31-36)47-17-11-9-15-42(47)43-16-10-12-18-48(43)61)65-58-57(46)64(41-28-24-39(25-29-41)60(6,7)8)54-33-37(2)32-53-56(54)62(58)51-19-13-14-20-52(51)63(53)40-26-22-38(23-27-40)59(3,4)5/h9-35H,1-8H3. The van der Waals surface area contributed by atoms with Crippen molar-refractivity contribution in [2.45, 2.75) is 71.6 Å². The molecule has 0 atom stereocenters. The third-order valence-electron chi connectivity index (χ3n) is 15.1. The maximum Gasteiger partial charge on any atom is 0.264 e. The molecule has 2 nitrogen and oxygen atoms in total. The maximum absolute atomic E-state index is 2.63. The van der Waals surface area contributed by atoms with Crippen molar-refractivity contribution in [2.75, 3.05) is 9.80 Å². The first-order chi connectivity index (χ1) is 31.3. The molecular formula is C61H51BN2S. The molecule has 4 aliphatic rings. The first-order valence-electron chi connectivity index (χ1n) is 23.3. The van der Waals surface area contributed by atoms with E-state index in [1.54, 1.807) is 0 Å². The monoisotopic (exact) mass is 854 g/mol. The number of thiophene rings is 1. The number of hydrogen-bond donors (Lipinski definition) is 0. The minimum Gasteiger partial charge on any atom is -0.311 e. The van der Waals surface area contributed by atoms with Crippen LogP contribution in [0.25, 0.3) is 32.3 Å². The van der Waals surface area contributed by atoms with E-state index in [0.29, 0.717) is 0 Å². The lowest BCUT2D eigenvalue weighted by Crippen LogP contribution is -2.60. The predicted octanol–water partition coefficient (Wildman–Crippen LogP) is 14.5. The zero-order valence-electron chi connectivity index (χ0n) is 38.5. The first-order valence-corrected chi connectivity index (χ1v) is 24.1. The maximum atomic E-state index is 2.63. The molecular weight excluding hydrogens is 804 g/mol. The summed E-state index contributed by atoms with van der Waals surface area (Å²) in [6.45, 7) is 18.4. The van der Waals surface area contributed by atoms with Gasteiger partial charge < -0.3 is 9.80 Å². The number of benzene rings is 8. The van der Waals surface area contributed by atoms with Gasteiger partial charge in [0.25, 0.3) is 6.71 Å². The Labute approximate surface area is 387 Å². The van der Waals surface area contributed by atoms with E-state index in [4.69, 9.17) is 0 Å². The second kappa shape index (κ2) is 13.2. The van der Waals surface area contributed by atoms with Crippen molar-refractivity contribution in [2.24, 2.45) is 0 Å². The Kier molecular flexibility index (Phi) is 7.91. The van der Waals surface area contributed by atoms with Crippen LogP contribution in [-0.2, 0) is 16.2 Å². The van der Waals surface area contributed by atoms with E-state index in [0.717, 1.165) is 0 Å². The average molecular weight is 855 g/mol. The van der Waals surface area contributed by atoms with Gasteiger partial charge >= 0.3 is 0 Å². The molecule has 9 aromatic rings. The van der Waals surface area contributed by atoms with Crippen LogP contribution in [0.4, 0.5) is 34.1 Å². The van der Waals surface area contributed by atoms with Crippen molar-refractivity contribution in [3.8, 4) is 22.3 Å². The zero-order chi connectivity index (χ0) is 44.3. The summed E-state index contributed by atoms with van der Waals surface area (Å²) in [5, 5.41) is 1.32. The van der Waals surface area contributed by atoms with E-state index < -0.39 is 5.41 Å². The van der Waals surface area contributed by atoms with Crippen LogP contribution in [0.2, 0.25) is 0 Å². The quantitative estimate of drug-likeness (QED) is 0.160. The van der Waals surface area contributed by atoms with Crippen molar-refractivity contribution in [3.05, 3.63) is 208 Å². The van der Waals surface area contributed by atoms with Crippen LogP contribution in [0.5, 0.6) is 0 Å². The molecule has 0 radical (unpaired) electrons. The van der Waals surface area contributed by atoms with E-state index in [-0.39, 0.29) is 17.5 Å². The summed E-state index contributed by atoms with van der Waals surface area (Å²) in [4.78, 5) is 5.17. The summed E-state index contributed by atoms with van der Waals surface area (Å²) >= 11 is 2.01. The first kappa shape index (κ1) is 38.8. The molecule has 0 unspecified atom stereocenters. The summed E-state index contributed by atoms with van der Waals surface area (Å²) in [6.07, 6.45) is 0. The zero-order valence-corrected chi connectivity index (χ0v) is 39.3. The molecule has 2 aliphatic carbocycles. The van der Waals surface area contributed by atoms with E-state index in [9.17, 15) is 0 Å². The third kappa shape index (κ3) is 5.23. The normalized spacial score (nSPS) is 14.8. The van der Waals surface area contributed by atoms with E-state index >= 15 is 0 Å². The Morgan fingerprint density at radius 1 is 0.462 bits per heavy atom. The predicted molar refractivity (Wildman–Crippen MR) is 279 cm³/mol. The Morgan fingerprint density at radius 2 is 1.00 bits per heavy atom. The molecule has 2 aliphatic heterocycles. The number of rotatable bonds is 2. The van der Waals surface area contributed by atoms with Crippen LogP contribution in [-0.4, -0.2) is 6.71 Å². The molecule has 1 aromatic heterocycles. The molecule has 314 valence electrons. The fourth-order valence-corrected chi connectivity index (χ4v) is 13.4. The van der Waals surface area contributed by atoms with E-state index in [1.807, 2.05) is 11.3 Å². The lowest BCUT2D eigenvalue weighted by atomic mass is 9.36. The highest BCUT2D eigenvalue weighted by atomic mass is 32.1. The smallest absolute Gasteiger partial charge is 0.264 e. The van der Waals surface area contributed by atoms with Gasteiger partial charge in [-0.2, -0.15) is 0 Å². The van der Waals surface area contributed by atoms with Gasteiger partial charge in [0.05, 0.1) is 11.1 Å². The number of aryl methyl sites for hydroxylation is 2. The highest BCUT2D eigenvalue weighted by Crippen LogP contribution is 2.64. The number of hydrogen-bond acceptors (Lipinski definition) is 3. The molecule has 0 amide bonds. The highest BCUT2D eigenvalue weighted by molar-refractivity contribution is 7.33. The van der Waals surface area contributed by atoms with Crippen LogP contribution in [0, 0.1) is 13.8 Å². The van der Waals surface area contributed by atoms with Gasteiger partial charge in [-0.25, -0.2) is 0 Å².